The number of anilines is 1. The fourth-order valence-corrected chi connectivity index (χ4v) is 3.26. The normalized spacial score (nSPS) is 11.9. The lowest BCUT2D eigenvalue weighted by molar-refractivity contribution is 0.0976. The van der Waals surface area contributed by atoms with Crippen LogP contribution in [0, 0.1) is 0 Å². The van der Waals surface area contributed by atoms with Crippen LogP contribution in [0.15, 0.2) is 97.3 Å². The van der Waals surface area contributed by atoms with E-state index in [-0.39, 0.29) is 11.8 Å². The molecule has 0 fully saturated rings. The molecule has 3 aromatic carbocycles. The Kier molecular flexibility index (Phi) is 4.93. The van der Waals surface area contributed by atoms with Crippen LogP contribution < -0.4 is 5.32 Å². The monoisotopic (exact) mass is 352 g/mol. The summed E-state index contributed by atoms with van der Waals surface area (Å²) in [6, 6.07) is 27.8. The lowest BCUT2D eigenvalue weighted by Gasteiger charge is -2.20. The minimum atomic E-state index is -0.123. The molecule has 0 saturated carbocycles. The highest BCUT2D eigenvalue weighted by molar-refractivity contribution is 5.96. The van der Waals surface area contributed by atoms with Gasteiger partial charge in [0.15, 0.2) is 5.78 Å². The maximum Gasteiger partial charge on any atom is 0.165 e. The molecule has 1 aromatic heterocycles. The van der Waals surface area contributed by atoms with Gasteiger partial charge in [-0.05, 0) is 40.6 Å². The van der Waals surface area contributed by atoms with Gasteiger partial charge in [0.25, 0.3) is 0 Å². The van der Waals surface area contributed by atoms with Crippen molar-refractivity contribution in [3.8, 4) is 0 Å². The Morgan fingerprint density at radius 2 is 1.52 bits per heavy atom. The van der Waals surface area contributed by atoms with Crippen molar-refractivity contribution >= 4 is 22.2 Å². The number of carbonyl (C=O) groups is 1. The van der Waals surface area contributed by atoms with Crippen LogP contribution in [0.4, 0.5) is 5.69 Å². The number of hydrogen-bond donors (Lipinski definition) is 1. The average molecular weight is 352 g/mol. The molecule has 0 saturated heterocycles. The first-order valence-corrected chi connectivity index (χ1v) is 9.03. The number of carbonyl (C=O) groups excluding carboxylic acids is 1. The van der Waals surface area contributed by atoms with Crippen molar-refractivity contribution in [3.63, 3.8) is 0 Å². The van der Waals surface area contributed by atoms with E-state index in [0.717, 1.165) is 16.8 Å². The van der Waals surface area contributed by atoms with Crippen molar-refractivity contribution in [2.45, 2.75) is 12.5 Å². The Balaban J connectivity index is 1.62. The SMILES string of the molecule is O=C(CC(Nc1ccc2ccccc2c1)c1ccncc1)c1ccccc1. The van der Waals surface area contributed by atoms with Gasteiger partial charge >= 0.3 is 0 Å². The van der Waals surface area contributed by atoms with E-state index in [9.17, 15) is 4.79 Å². The van der Waals surface area contributed by atoms with Crippen molar-refractivity contribution in [3.05, 3.63) is 108 Å². The number of fused-ring (bicyclic) bond motifs is 1. The van der Waals surface area contributed by atoms with E-state index in [0.29, 0.717) is 6.42 Å². The first-order valence-electron chi connectivity index (χ1n) is 9.03. The van der Waals surface area contributed by atoms with E-state index >= 15 is 0 Å². The van der Waals surface area contributed by atoms with Crippen molar-refractivity contribution < 1.29 is 4.79 Å². The van der Waals surface area contributed by atoms with Crippen molar-refractivity contribution in [2.75, 3.05) is 5.32 Å². The Labute approximate surface area is 158 Å². The number of nitrogens with one attached hydrogen (secondary N) is 1. The molecule has 3 heteroatoms. The maximum atomic E-state index is 12.8. The van der Waals surface area contributed by atoms with Crippen molar-refractivity contribution in [1.82, 2.24) is 4.98 Å². The Bertz CT molecular complexity index is 1050. The predicted molar refractivity (Wildman–Crippen MR) is 110 cm³/mol. The molecule has 0 aliphatic carbocycles. The van der Waals surface area contributed by atoms with Gasteiger partial charge in [0.1, 0.15) is 0 Å². The van der Waals surface area contributed by atoms with Gasteiger partial charge in [-0.2, -0.15) is 0 Å². The molecule has 0 aliphatic rings. The van der Waals surface area contributed by atoms with E-state index in [2.05, 4.69) is 40.6 Å². The van der Waals surface area contributed by atoms with E-state index in [1.165, 1.54) is 10.8 Å². The first kappa shape index (κ1) is 17.0. The number of aromatic nitrogens is 1. The third kappa shape index (κ3) is 4.04. The molecule has 0 aliphatic heterocycles. The van der Waals surface area contributed by atoms with Crippen LogP contribution in [0.2, 0.25) is 0 Å². The smallest absolute Gasteiger partial charge is 0.165 e. The molecule has 3 nitrogen and oxygen atoms in total. The number of Topliss-reactive ketones (excluding diaryl/α,β-unsaturated/α-hetero) is 1. The molecule has 4 aromatic rings. The standard InChI is InChI=1S/C24H20N2O/c27-24(20-7-2-1-3-8-20)17-23(19-12-14-25-15-13-19)26-22-11-10-18-6-4-5-9-21(18)16-22/h1-16,23,26H,17H2. The van der Waals surface area contributed by atoms with Crippen LogP contribution in [0.25, 0.3) is 10.8 Å². The molecule has 0 amide bonds. The largest absolute Gasteiger partial charge is 0.378 e. The summed E-state index contributed by atoms with van der Waals surface area (Å²) in [7, 11) is 0. The van der Waals surface area contributed by atoms with Gasteiger partial charge < -0.3 is 5.32 Å². The molecule has 1 unspecified atom stereocenters. The van der Waals surface area contributed by atoms with Crippen LogP contribution in [-0.2, 0) is 0 Å². The second-order valence-corrected chi connectivity index (χ2v) is 6.53. The van der Waals surface area contributed by atoms with E-state index in [1.54, 1.807) is 12.4 Å². The third-order valence-electron chi connectivity index (χ3n) is 4.68. The zero-order valence-corrected chi connectivity index (χ0v) is 14.9. The summed E-state index contributed by atoms with van der Waals surface area (Å²) in [5.41, 5.74) is 2.77. The fourth-order valence-electron chi connectivity index (χ4n) is 3.26. The molecule has 0 spiro atoms. The highest BCUT2D eigenvalue weighted by Gasteiger charge is 2.17. The molecular formula is C24H20N2O. The number of nitrogens with zero attached hydrogens (tertiary/aromatic N) is 1. The molecule has 0 bridgehead atoms. The summed E-state index contributed by atoms with van der Waals surface area (Å²) in [6.07, 6.45) is 3.90. The van der Waals surface area contributed by atoms with Gasteiger partial charge in [-0.3, -0.25) is 9.78 Å². The summed E-state index contributed by atoms with van der Waals surface area (Å²) in [4.78, 5) is 16.9. The van der Waals surface area contributed by atoms with Crippen LogP contribution in [-0.4, -0.2) is 10.8 Å². The molecule has 4 rings (SSSR count). The average Bonchev–Trinajstić information content (AvgIpc) is 2.74. The second-order valence-electron chi connectivity index (χ2n) is 6.53. The van der Waals surface area contributed by atoms with E-state index in [1.807, 2.05) is 54.6 Å². The van der Waals surface area contributed by atoms with Crippen LogP contribution in [0.1, 0.15) is 28.4 Å². The quantitative estimate of drug-likeness (QED) is 0.455. The van der Waals surface area contributed by atoms with Gasteiger partial charge in [0.05, 0.1) is 6.04 Å². The minimum Gasteiger partial charge on any atom is -0.378 e. The fraction of sp³-hybridized carbons (Fsp3) is 0.0833. The Hall–Kier alpha value is -3.46. The molecule has 132 valence electrons. The van der Waals surface area contributed by atoms with Crippen LogP contribution in [0.5, 0.6) is 0 Å². The highest BCUT2D eigenvalue weighted by Crippen LogP contribution is 2.26. The summed E-state index contributed by atoms with van der Waals surface area (Å²) in [6.45, 7) is 0. The van der Waals surface area contributed by atoms with Gasteiger partial charge in [0, 0.05) is 30.1 Å². The topological polar surface area (TPSA) is 42.0 Å². The molecular weight excluding hydrogens is 332 g/mol. The van der Waals surface area contributed by atoms with Crippen molar-refractivity contribution in [1.29, 1.82) is 0 Å². The maximum absolute atomic E-state index is 12.8. The summed E-state index contributed by atoms with van der Waals surface area (Å²) < 4.78 is 0. The zero-order valence-electron chi connectivity index (χ0n) is 14.9. The number of hydrogen-bond acceptors (Lipinski definition) is 3. The lowest BCUT2D eigenvalue weighted by atomic mass is 9.98. The number of rotatable bonds is 6. The second kappa shape index (κ2) is 7.83. The number of benzene rings is 3. The predicted octanol–water partition coefficient (Wildman–Crippen LogP) is 5.66. The molecule has 1 atom stereocenters. The summed E-state index contributed by atoms with van der Waals surface area (Å²) in [5.74, 6) is 0.116. The van der Waals surface area contributed by atoms with Gasteiger partial charge in [-0.15, -0.1) is 0 Å². The first-order chi connectivity index (χ1) is 13.3. The highest BCUT2D eigenvalue weighted by atomic mass is 16.1. The van der Waals surface area contributed by atoms with Gasteiger partial charge in [-0.25, -0.2) is 0 Å². The van der Waals surface area contributed by atoms with E-state index < -0.39 is 0 Å². The molecule has 1 heterocycles. The minimum absolute atomic E-state index is 0.116. The third-order valence-corrected chi connectivity index (χ3v) is 4.68. The Morgan fingerprint density at radius 3 is 2.30 bits per heavy atom. The molecule has 0 radical (unpaired) electrons. The Morgan fingerprint density at radius 1 is 0.815 bits per heavy atom. The summed E-state index contributed by atoms with van der Waals surface area (Å²) >= 11 is 0. The number of ketones is 1. The molecule has 1 N–H and O–H groups in total. The van der Waals surface area contributed by atoms with E-state index in [4.69, 9.17) is 0 Å². The van der Waals surface area contributed by atoms with Crippen LogP contribution >= 0.6 is 0 Å². The summed E-state index contributed by atoms with van der Waals surface area (Å²) in [5, 5.41) is 5.91. The zero-order chi connectivity index (χ0) is 18.5. The van der Waals surface area contributed by atoms with Crippen molar-refractivity contribution in [2.24, 2.45) is 0 Å². The molecule has 27 heavy (non-hydrogen) atoms. The number of pyridine rings is 1. The lowest BCUT2D eigenvalue weighted by Crippen LogP contribution is -2.16. The van der Waals surface area contributed by atoms with Gasteiger partial charge in [-0.1, -0.05) is 60.7 Å². The van der Waals surface area contributed by atoms with Gasteiger partial charge in [0.2, 0.25) is 0 Å². The van der Waals surface area contributed by atoms with Crippen LogP contribution in [0.3, 0.4) is 0 Å².